The van der Waals surface area contributed by atoms with Gasteiger partial charge in [0, 0.05) is 5.69 Å². The summed E-state index contributed by atoms with van der Waals surface area (Å²) >= 11 is 6.29. The Morgan fingerprint density at radius 1 is 1.12 bits per heavy atom. The third-order valence-corrected chi connectivity index (χ3v) is 4.98. The van der Waals surface area contributed by atoms with Crippen molar-refractivity contribution in [3.63, 3.8) is 0 Å². The summed E-state index contributed by atoms with van der Waals surface area (Å²) in [7, 11) is 0. The number of benzene rings is 2. The second-order valence-electron chi connectivity index (χ2n) is 5.61. The van der Waals surface area contributed by atoms with Crippen molar-refractivity contribution in [2.24, 2.45) is 0 Å². The fraction of sp³-hybridized carbons (Fsp3) is 0.176. The van der Waals surface area contributed by atoms with Crippen molar-refractivity contribution < 1.29 is 22.8 Å². The van der Waals surface area contributed by atoms with Crippen LogP contribution in [-0.4, -0.2) is 16.5 Å². The number of nitrogens with one attached hydrogen (secondary N) is 1. The lowest BCUT2D eigenvalue weighted by atomic mass is 10.2. The van der Waals surface area contributed by atoms with E-state index in [9.17, 15) is 22.8 Å². The van der Waals surface area contributed by atoms with E-state index >= 15 is 0 Å². The molecule has 2 amide bonds. The van der Waals surface area contributed by atoms with Crippen LogP contribution >= 0.6 is 23.4 Å². The van der Waals surface area contributed by atoms with Gasteiger partial charge in [-0.3, -0.25) is 9.59 Å². The molecule has 0 aromatic heterocycles. The second-order valence-corrected chi connectivity index (χ2v) is 7.07. The van der Waals surface area contributed by atoms with Gasteiger partial charge in [0.1, 0.15) is 0 Å². The maximum Gasteiger partial charge on any atom is 0.417 e. The van der Waals surface area contributed by atoms with Crippen LogP contribution in [-0.2, 0) is 11.0 Å². The molecule has 1 aliphatic heterocycles. The van der Waals surface area contributed by atoms with Crippen LogP contribution in [0.15, 0.2) is 42.5 Å². The predicted octanol–water partition coefficient (Wildman–Crippen LogP) is 5.31. The summed E-state index contributed by atoms with van der Waals surface area (Å²) in [4.78, 5) is 25.7. The monoisotopic (exact) mass is 400 g/mol. The van der Waals surface area contributed by atoms with Crippen LogP contribution in [0.25, 0.3) is 0 Å². The maximum atomic E-state index is 13.0. The number of rotatable bonds is 3. The molecule has 1 fully saturated rings. The number of anilines is 2. The van der Waals surface area contributed by atoms with Crippen LogP contribution in [0.2, 0.25) is 5.02 Å². The van der Waals surface area contributed by atoms with Gasteiger partial charge < -0.3 is 5.32 Å². The molecule has 0 spiro atoms. The van der Waals surface area contributed by atoms with E-state index in [-0.39, 0.29) is 5.69 Å². The van der Waals surface area contributed by atoms with Crippen LogP contribution in [0.4, 0.5) is 29.3 Å². The minimum absolute atomic E-state index is 0.0473. The van der Waals surface area contributed by atoms with Crippen LogP contribution in [0.1, 0.15) is 11.1 Å². The van der Waals surface area contributed by atoms with Crippen molar-refractivity contribution in [1.29, 1.82) is 0 Å². The van der Waals surface area contributed by atoms with E-state index < -0.39 is 33.3 Å². The number of carbonyl (C=O) groups excluding carboxylic acids is 2. The normalized spacial score (nSPS) is 17.7. The van der Waals surface area contributed by atoms with Gasteiger partial charge in [-0.2, -0.15) is 13.2 Å². The van der Waals surface area contributed by atoms with Crippen LogP contribution in [0, 0.1) is 6.92 Å². The summed E-state index contributed by atoms with van der Waals surface area (Å²) in [6, 6.07) is 10.0. The number of amides is 2. The summed E-state index contributed by atoms with van der Waals surface area (Å²) in [6.07, 6.45) is -4.62. The minimum atomic E-state index is -4.62. The second kappa shape index (κ2) is 6.85. The molecule has 1 N–H and O–H groups in total. The zero-order valence-electron chi connectivity index (χ0n) is 13.3. The van der Waals surface area contributed by atoms with Gasteiger partial charge in [-0.1, -0.05) is 29.3 Å². The number of thioether (sulfide) groups is 1. The third-order valence-electron chi connectivity index (χ3n) is 3.71. The average molecular weight is 401 g/mol. The Bertz CT molecular complexity index is 871. The lowest BCUT2D eigenvalue weighted by Crippen LogP contribution is -2.34. The van der Waals surface area contributed by atoms with E-state index in [1.165, 1.54) is 6.07 Å². The van der Waals surface area contributed by atoms with Crippen molar-refractivity contribution >= 4 is 45.9 Å². The number of hydrogen-bond donors (Lipinski definition) is 1. The van der Waals surface area contributed by atoms with Gasteiger partial charge in [-0.15, -0.1) is 0 Å². The quantitative estimate of drug-likeness (QED) is 0.759. The Morgan fingerprint density at radius 3 is 2.38 bits per heavy atom. The summed E-state index contributed by atoms with van der Waals surface area (Å²) < 4.78 is 38.9. The van der Waals surface area contributed by atoms with Crippen LogP contribution < -0.4 is 10.2 Å². The molecule has 136 valence electrons. The molecule has 3 rings (SSSR count). The van der Waals surface area contributed by atoms with Crippen molar-refractivity contribution in [3.8, 4) is 0 Å². The van der Waals surface area contributed by atoms with E-state index in [1.807, 2.05) is 6.92 Å². The molecule has 1 heterocycles. The lowest BCUT2D eigenvalue weighted by Gasteiger charge is -2.16. The molecule has 1 atom stereocenters. The lowest BCUT2D eigenvalue weighted by molar-refractivity contribution is -0.137. The molecule has 1 aliphatic rings. The van der Waals surface area contributed by atoms with Crippen molar-refractivity contribution in [3.05, 3.63) is 58.6 Å². The summed E-state index contributed by atoms with van der Waals surface area (Å²) in [5.41, 5.74) is 0.415. The molecule has 2 aromatic rings. The molecule has 26 heavy (non-hydrogen) atoms. The number of nitrogens with zero attached hydrogens (tertiary/aromatic N) is 1. The fourth-order valence-corrected chi connectivity index (χ4v) is 3.54. The topological polar surface area (TPSA) is 49.4 Å². The molecular formula is C17H12ClF3N2O2S. The Morgan fingerprint density at radius 2 is 1.77 bits per heavy atom. The van der Waals surface area contributed by atoms with Gasteiger partial charge in [-0.25, -0.2) is 4.90 Å². The zero-order chi connectivity index (χ0) is 19.1. The molecule has 1 unspecified atom stereocenters. The van der Waals surface area contributed by atoms with Gasteiger partial charge >= 0.3 is 6.18 Å². The minimum Gasteiger partial charge on any atom is -0.365 e. The van der Waals surface area contributed by atoms with E-state index in [1.54, 1.807) is 24.3 Å². The van der Waals surface area contributed by atoms with E-state index in [4.69, 9.17) is 11.6 Å². The van der Waals surface area contributed by atoms with E-state index in [0.717, 1.165) is 22.6 Å². The molecule has 0 aliphatic carbocycles. The van der Waals surface area contributed by atoms with Gasteiger partial charge in [0.25, 0.3) is 11.1 Å². The summed E-state index contributed by atoms with van der Waals surface area (Å²) in [5.74, 6) is -0.549. The molecule has 4 nitrogen and oxygen atoms in total. The number of imide groups is 1. The largest absolute Gasteiger partial charge is 0.417 e. The molecule has 0 radical (unpaired) electrons. The zero-order valence-corrected chi connectivity index (χ0v) is 14.9. The number of carbonyl (C=O) groups is 2. The highest BCUT2D eigenvalue weighted by atomic mass is 35.5. The predicted molar refractivity (Wildman–Crippen MR) is 95.5 cm³/mol. The Balaban J connectivity index is 1.83. The Hall–Kier alpha value is -2.19. The van der Waals surface area contributed by atoms with Crippen LogP contribution in [0.5, 0.6) is 0 Å². The van der Waals surface area contributed by atoms with E-state index in [2.05, 4.69) is 5.32 Å². The SMILES string of the molecule is Cc1ccc(N2C(=O)SC(Nc3ccc(Cl)c(C(F)(F)F)c3)C2=O)cc1. The number of alkyl halides is 3. The van der Waals surface area contributed by atoms with Gasteiger partial charge in [0.05, 0.1) is 16.3 Å². The van der Waals surface area contributed by atoms with E-state index in [0.29, 0.717) is 17.4 Å². The summed E-state index contributed by atoms with van der Waals surface area (Å²) in [5, 5.41) is 0.704. The van der Waals surface area contributed by atoms with Crippen LogP contribution in [0.3, 0.4) is 0 Å². The average Bonchev–Trinajstić information content (AvgIpc) is 2.83. The first-order valence-corrected chi connectivity index (χ1v) is 8.67. The Labute approximate surface area is 156 Å². The highest BCUT2D eigenvalue weighted by Crippen LogP contribution is 2.38. The van der Waals surface area contributed by atoms with Gasteiger partial charge in [0.2, 0.25) is 0 Å². The molecule has 9 heteroatoms. The van der Waals surface area contributed by atoms with Gasteiger partial charge in [-0.05, 0) is 49.0 Å². The molecule has 2 aromatic carbocycles. The van der Waals surface area contributed by atoms with Crippen molar-refractivity contribution in [2.45, 2.75) is 18.5 Å². The number of hydrogen-bond acceptors (Lipinski definition) is 4. The van der Waals surface area contributed by atoms with Crippen molar-refractivity contribution in [2.75, 3.05) is 10.2 Å². The smallest absolute Gasteiger partial charge is 0.365 e. The van der Waals surface area contributed by atoms with Gasteiger partial charge in [0.15, 0.2) is 5.37 Å². The van der Waals surface area contributed by atoms with Crippen molar-refractivity contribution in [1.82, 2.24) is 0 Å². The molecule has 0 bridgehead atoms. The third kappa shape index (κ3) is 3.66. The fourth-order valence-electron chi connectivity index (χ4n) is 2.41. The first-order valence-electron chi connectivity index (χ1n) is 7.41. The molecular weight excluding hydrogens is 389 g/mol. The maximum absolute atomic E-state index is 13.0. The Kier molecular flexibility index (Phi) is 4.90. The molecule has 0 saturated carbocycles. The number of aryl methyl sites for hydroxylation is 1. The number of halogens is 4. The highest BCUT2D eigenvalue weighted by molar-refractivity contribution is 8.16. The first-order chi connectivity index (χ1) is 12.2. The first kappa shape index (κ1) is 18.6. The standard InChI is InChI=1S/C17H12ClF3N2O2S/c1-9-2-5-11(6-3-9)23-15(24)14(26-16(23)25)22-10-4-7-13(18)12(8-10)17(19,20)21/h2-8,14,22H,1H3. The highest BCUT2D eigenvalue weighted by Gasteiger charge is 2.41. The molecule has 1 saturated heterocycles. The summed E-state index contributed by atoms with van der Waals surface area (Å²) in [6.45, 7) is 1.87.